The van der Waals surface area contributed by atoms with Gasteiger partial charge in [0, 0.05) is 19.2 Å². The highest BCUT2D eigenvalue weighted by molar-refractivity contribution is 5.34. The average molecular weight is 281 g/mol. The van der Waals surface area contributed by atoms with Crippen molar-refractivity contribution in [2.24, 2.45) is 5.92 Å². The largest absolute Gasteiger partial charge is 0.312 e. The number of rotatable bonds is 6. The van der Waals surface area contributed by atoms with Crippen molar-refractivity contribution in [2.75, 3.05) is 26.2 Å². The molecule has 0 saturated carbocycles. The summed E-state index contributed by atoms with van der Waals surface area (Å²) in [5.41, 5.74) is 0.265. The van der Waals surface area contributed by atoms with Crippen molar-refractivity contribution in [2.45, 2.75) is 19.9 Å². The van der Waals surface area contributed by atoms with Crippen LogP contribution < -0.4 is 5.32 Å². The molecule has 1 N–H and O–H groups in total. The zero-order valence-electron chi connectivity index (χ0n) is 11.6. The summed E-state index contributed by atoms with van der Waals surface area (Å²) in [6.45, 7) is 6.94. The van der Waals surface area contributed by atoms with E-state index in [-0.39, 0.29) is 0 Å². The molecular weight excluding hydrogens is 261 g/mol. The van der Waals surface area contributed by atoms with Crippen molar-refractivity contribution in [3.05, 3.63) is 39.7 Å². The Morgan fingerprint density at radius 1 is 1.55 bits per heavy atom. The van der Waals surface area contributed by atoms with Gasteiger partial charge in [-0.2, -0.15) is 4.39 Å². The van der Waals surface area contributed by atoms with Crippen LogP contribution in [0.1, 0.15) is 18.9 Å². The third kappa shape index (κ3) is 3.74. The first-order valence-corrected chi connectivity index (χ1v) is 6.96. The number of hydrogen-bond acceptors (Lipinski definition) is 4. The first-order chi connectivity index (χ1) is 9.60. The number of nitrogens with zero attached hydrogens (tertiary/aromatic N) is 2. The Hall–Kier alpha value is -1.53. The van der Waals surface area contributed by atoms with E-state index in [4.69, 9.17) is 0 Å². The molecule has 0 amide bonds. The van der Waals surface area contributed by atoms with E-state index >= 15 is 0 Å². The Morgan fingerprint density at radius 3 is 2.95 bits per heavy atom. The highest BCUT2D eigenvalue weighted by Gasteiger charge is 2.20. The predicted octanol–water partition coefficient (Wildman–Crippen LogP) is 2.17. The summed E-state index contributed by atoms with van der Waals surface area (Å²) in [5, 5.41) is 13.8. The summed E-state index contributed by atoms with van der Waals surface area (Å²) in [6, 6.07) is 4.06. The third-order valence-corrected chi connectivity index (χ3v) is 3.79. The van der Waals surface area contributed by atoms with E-state index in [0.29, 0.717) is 12.5 Å². The van der Waals surface area contributed by atoms with E-state index in [2.05, 4.69) is 17.1 Å². The van der Waals surface area contributed by atoms with Crippen molar-refractivity contribution in [1.82, 2.24) is 10.2 Å². The van der Waals surface area contributed by atoms with Crippen LogP contribution in [0.15, 0.2) is 18.2 Å². The molecule has 2 rings (SSSR count). The molecule has 1 unspecified atom stereocenters. The van der Waals surface area contributed by atoms with Gasteiger partial charge in [0.25, 0.3) is 0 Å². The molecule has 1 atom stereocenters. The SMILES string of the molecule is CCN1CCC(CNCc2ccc([N+](=O)[O-])c(F)c2)C1. The van der Waals surface area contributed by atoms with Crippen molar-refractivity contribution >= 4 is 5.69 Å². The fourth-order valence-corrected chi connectivity index (χ4v) is 2.60. The molecule has 1 fully saturated rings. The first kappa shape index (κ1) is 14.9. The second-order valence-corrected chi connectivity index (χ2v) is 5.22. The van der Waals surface area contributed by atoms with Gasteiger partial charge in [0.2, 0.25) is 5.82 Å². The minimum Gasteiger partial charge on any atom is -0.312 e. The number of nitrogens with one attached hydrogen (secondary N) is 1. The van der Waals surface area contributed by atoms with Crippen molar-refractivity contribution in [3.63, 3.8) is 0 Å². The van der Waals surface area contributed by atoms with Crippen molar-refractivity contribution < 1.29 is 9.31 Å². The Bertz CT molecular complexity index is 481. The normalized spacial score (nSPS) is 19.4. The minimum absolute atomic E-state index is 0.469. The molecule has 0 radical (unpaired) electrons. The van der Waals surface area contributed by atoms with Crippen molar-refractivity contribution in [1.29, 1.82) is 0 Å². The van der Waals surface area contributed by atoms with Crippen LogP contribution >= 0.6 is 0 Å². The number of halogens is 1. The molecule has 110 valence electrons. The average Bonchev–Trinajstić information content (AvgIpc) is 2.86. The quantitative estimate of drug-likeness (QED) is 0.641. The van der Waals surface area contributed by atoms with Gasteiger partial charge in [0.1, 0.15) is 0 Å². The molecule has 1 aliphatic rings. The second-order valence-electron chi connectivity index (χ2n) is 5.22. The predicted molar refractivity (Wildman–Crippen MR) is 75.0 cm³/mol. The summed E-state index contributed by atoms with van der Waals surface area (Å²) in [7, 11) is 0. The maximum atomic E-state index is 13.5. The van der Waals surface area contributed by atoms with E-state index in [1.165, 1.54) is 18.6 Å². The van der Waals surface area contributed by atoms with Crippen molar-refractivity contribution in [3.8, 4) is 0 Å². The molecule has 6 heteroatoms. The summed E-state index contributed by atoms with van der Waals surface area (Å²) >= 11 is 0. The van der Waals surface area contributed by atoms with Gasteiger partial charge < -0.3 is 10.2 Å². The lowest BCUT2D eigenvalue weighted by Crippen LogP contribution is -2.26. The van der Waals surface area contributed by atoms with Crippen LogP contribution in [-0.2, 0) is 6.54 Å². The monoisotopic (exact) mass is 281 g/mol. The fourth-order valence-electron chi connectivity index (χ4n) is 2.60. The van der Waals surface area contributed by atoms with E-state index in [1.807, 2.05) is 0 Å². The van der Waals surface area contributed by atoms with Crippen LogP contribution in [0, 0.1) is 21.8 Å². The Balaban J connectivity index is 1.80. The summed E-state index contributed by atoms with van der Waals surface area (Å²) in [6.07, 6.45) is 1.19. The second kappa shape index (κ2) is 6.76. The molecule has 0 spiro atoms. The molecule has 0 aliphatic carbocycles. The number of hydrogen-bond donors (Lipinski definition) is 1. The minimum atomic E-state index is -0.771. The lowest BCUT2D eigenvalue weighted by Gasteiger charge is -2.13. The number of likely N-dealkylation sites (tertiary alicyclic amines) is 1. The Morgan fingerprint density at radius 2 is 2.35 bits per heavy atom. The zero-order chi connectivity index (χ0) is 14.5. The summed E-state index contributed by atoms with van der Waals surface area (Å²) in [5.74, 6) is -0.134. The van der Waals surface area contributed by atoms with E-state index in [1.54, 1.807) is 6.07 Å². The third-order valence-electron chi connectivity index (χ3n) is 3.79. The van der Waals surface area contributed by atoms with Crippen LogP contribution in [-0.4, -0.2) is 36.0 Å². The maximum absolute atomic E-state index is 13.5. The molecule has 0 bridgehead atoms. The van der Waals surface area contributed by atoms with E-state index in [0.717, 1.165) is 31.7 Å². The molecule has 5 nitrogen and oxygen atoms in total. The standard InChI is InChI=1S/C14H20FN3O2/c1-2-17-6-5-12(10-17)9-16-8-11-3-4-14(18(19)20)13(15)7-11/h3-4,7,12,16H,2,5-6,8-10H2,1H3. The molecule has 0 aromatic heterocycles. The number of nitro benzene ring substituents is 1. The fraction of sp³-hybridized carbons (Fsp3) is 0.571. The topological polar surface area (TPSA) is 58.4 Å². The first-order valence-electron chi connectivity index (χ1n) is 6.96. The van der Waals surface area contributed by atoms with Gasteiger partial charge in [0.05, 0.1) is 4.92 Å². The van der Waals surface area contributed by atoms with Gasteiger partial charge in [-0.05, 0) is 43.6 Å². The van der Waals surface area contributed by atoms with Crippen LogP contribution in [0.5, 0.6) is 0 Å². The van der Waals surface area contributed by atoms with E-state index < -0.39 is 16.4 Å². The summed E-state index contributed by atoms with van der Waals surface area (Å²) < 4.78 is 13.5. The Kier molecular flexibility index (Phi) is 5.03. The number of nitro groups is 1. The lowest BCUT2D eigenvalue weighted by atomic mass is 10.1. The van der Waals surface area contributed by atoms with Gasteiger partial charge in [-0.15, -0.1) is 0 Å². The maximum Gasteiger partial charge on any atom is 0.304 e. The smallest absolute Gasteiger partial charge is 0.304 e. The molecule has 1 aromatic rings. The van der Waals surface area contributed by atoms with Crippen LogP contribution in [0.4, 0.5) is 10.1 Å². The van der Waals surface area contributed by atoms with Crippen LogP contribution in [0.2, 0.25) is 0 Å². The highest BCUT2D eigenvalue weighted by Crippen LogP contribution is 2.18. The molecule has 1 heterocycles. The van der Waals surface area contributed by atoms with Gasteiger partial charge >= 0.3 is 5.69 Å². The molecule has 1 aromatic carbocycles. The number of benzene rings is 1. The van der Waals surface area contributed by atoms with Gasteiger partial charge in [0.15, 0.2) is 0 Å². The van der Waals surface area contributed by atoms with Crippen LogP contribution in [0.3, 0.4) is 0 Å². The molecule has 1 aliphatic heterocycles. The van der Waals surface area contributed by atoms with E-state index in [9.17, 15) is 14.5 Å². The lowest BCUT2D eigenvalue weighted by molar-refractivity contribution is -0.387. The molecule has 20 heavy (non-hydrogen) atoms. The van der Waals surface area contributed by atoms with Gasteiger partial charge in [-0.25, -0.2) is 0 Å². The van der Waals surface area contributed by atoms with Gasteiger partial charge in [-0.1, -0.05) is 13.0 Å². The Labute approximate surface area is 117 Å². The van der Waals surface area contributed by atoms with Gasteiger partial charge in [-0.3, -0.25) is 10.1 Å². The zero-order valence-corrected chi connectivity index (χ0v) is 11.6. The highest BCUT2D eigenvalue weighted by atomic mass is 19.1. The molecular formula is C14H20FN3O2. The van der Waals surface area contributed by atoms with Crippen LogP contribution in [0.25, 0.3) is 0 Å². The summed E-state index contributed by atoms with van der Waals surface area (Å²) in [4.78, 5) is 12.2. The molecule has 1 saturated heterocycles.